The highest BCUT2D eigenvalue weighted by Crippen LogP contribution is 2.34. The summed E-state index contributed by atoms with van der Waals surface area (Å²) in [6.07, 6.45) is 0. The Kier molecular flexibility index (Phi) is 3.51. The SMILES string of the molecule is COc1ccc([N+](=O)[O-])c(Oc2ccc(O)cc2)c1. The fraction of sp³-hybridized carbons (Fsp3) is 0.0769. The second-order valence-corrected chi connectivity index (χ2v) is 3.69. The Labute approximate surface area is 109 Å². The van der Waals surface area contributed by atoms with Gasteiger partial charge in [-0.25, -0.2) is 0 Å². The molecule has 0 spiro atoms. The van der Waals surface area contributed by atoms with Gasteiger partial charge in [0.25, 0.3) is 0 Å². The van der Waals surface area contributed by atoms with Crippen LogP contribution in [-0.2, 0) is 0 Å². The van der Waals surface area contributed by atoms with Crippen LogP contribution in [0.15, 0.2) is 42.5 Å². The molecule has 0 aliphatic carbocycles. The molecule has 98 valence electrons. The Morgan fingerprint density at radius 1 is 1.11 bits per heavy atom. The van der Waals surface area contributed by atoms with E-state index in [2.05, 4.69) is 0 Å². The van der Waals surface area contributed by atoms with Crippen molar-refractivity contribution in [1.29, 1.82) is 0 Å². The van der Waals surface area contributed by atoms with Crippen LogP contribution in [0, 0.1) is 10.1 Å². The quantitative estimate of drug-likeness (QED) is 0.675. The molecule has 2 aromatic rings. The molecule has 0 saturated heterocycles. The van der Waals surface area contributed by atoms with Gasteiger partial charge < -0.3 is 14.6 Å². The summed E-state index contributed by atoms with van der Waals surface area (Å²) in [6, 6.07) is 10.1. The van der Waals surface area contributed by atoms with Crippen molar-refractivity contribution in [2.45, 2.75) is 0 Å². The van der Waals surface area contributed by atoms with Crippen molar-refractivity contribution in [1.82, 2.24) is 0 Å². The first-order valence-corrected chi connectivity index (χ1v) is 5.39. The summed E-state index contributed by atoms with van der Waals surface area (Å²) in [4.78, 5) is 10.4. The largest absolute Gasteiger partial charge is 0.508 e. The lowest BCUT2D eigenvalue weighted by molar-refractivity contribution is -0.385. The lowest BCUT2D eigenvalue weighted by Gasteiger charge is -2.08. The predicted octanol–water partition coefficient (Wildman–Crippen LogP) is 3.10. The molecule has 19 heavy (non-hydrogen) atoms. The van der Waals surface area contributed by atoms with E-state index >= 15 is 0 Å². The minimum absolute atomic E-state index is 0.0787. The third-order valence-electron chi connectivity index (χ3n) is 2.43. The molecule has 0 aliphatic heterocycles. The molecule has 0 saturated carbocycles. The van der Waals surface area contributed by atoms with Crippen LogP contribution in [0.25, 0.3) is 0 Å². The van der Waals surface area contributed by atoms with Crippen molar-refractivity contribution in [3.05, 3.63) is 52.6 Å². The van der Waals surface area contributed by atoms with Gasteiger partial charge in [-0.15, -0.1) is 0 Å². The number of ether oxygens (including phenoxy) is 2. The molecule has 6 nitrogen and oxygen atoms in total. The van der Waals surface area contributed by atoms with Gasteiger partial charge in [0.15, 0.2) is 0 Å². The smallest absolute Gasteiger partial charge is 0.311 e. The number of hydrogen-bond acceptors (Lipinski definition) is 5. The minimum atomic E-state index is -0.533. The first-order valence-electron chi connectivity index (χ1n) is 5.39. The Hall–Kier alpha value is -2.76. The predicted molar refractivity (Wildman–Crippen MR) is 67.8 cm³/mol. The molecular formula is C13H11NO5. The van der Waals surface area contributed by atoms with Gasteiger partial charge in [-0.2, -0.15) is 0 Å². The lowest BCUT2D eigenvalue weighted by Crippen LogP contribution is -1.94. The fourth-order valence-corrected chi connectivity index (χ4v) is 1.50. The van der Waals surface area contributed by atoms with Crippen LogP contribution >= 0.6 is 0 Å². The summed E-state index contributed by atoms with van der Waals surface area (Å²) in [5, 5.41) is 20.1. The maximum absolute atomic E-state index is 10.9. The number of nitrogens with zero attached hydrogens (tertiary/aromatic N) is 1. The Bertz CT molecular complexity index is 594. The molecule has 2 rings (SSSR count). The Morgan fingerprint density at radius 2 is 1.74 bits per heavy atom. The minimum Gasteiger partial charge on any atom is -0.508 e. The summed E-state index contributed by atoms with van der Waals surface area (Å²) in [7, 11) is 1.46. The van der Waals surface area contributed by atoms with Gasteiger partial charge >= 0.3 is 5.69 Å². The van der Waals surface area contributed by atoms with Gasteiger partial charge in [0, 0.05) is 12.1 Å². The second kappa shape index (κ2) is 5.26. The zero-order chi connectivity index (χ0) is 13.8. The van der Waals surface area contributed by atoms with Crippen molar-refractivity contribution in [3.8, 4) is 23.0 Å². The highest BCUT2D eigenvalue weighted by Gasteiger charge is 2.16. The van der Waals surface area contributed by atoms with Crippen LogP contribution < -0.4 is 9.47 Å². The van der Waals surface area contributed by atoms with Crippen molar-refractivity contribution in [3.63, 3.8) is 0 Å². The van der Waals surface area contributed by atoms with E-state index in [1.807, 2.05) is 0 Å². The molecule has 0 heterocycles. The van der Waals surface area contributed by atoms with E-state index in [4.69, 9.17) is 14.6 Å². The fourth-order valence-electron chi connectivity index (χ4n) is 1.50. The Morgan fingerprint density at radius 3 is 2.32 bits per heavy atom. The van der Waals surface area contributed by atoms with Crippen LogP contribution in [0.5, 0.6) is 23.0 Å². The number of aromatic hydroxyl groups is 1. The molecule has 0 bridgehead atoms. The summed E-state index contributed by atoms with van der Waals surface area (Å²) in [6.45, 7) is 0. The molecule has 0 unspecified atom stereocenters. The van der Waals surface area contributed by atoms with E-state index in [1.54, 1.807) is 0 Å². The van der Waals surface area contributed by atoms with Gasteiger partial charge in [-0.05, 0) is 30.3 Å². The van der Waals surface area contributed by atoms with E-state index in [-0.39, 0.29) is 17.2 Å². The lowest BCUT2D eigenvalue weighted by atomic mass is 10.2. The topological polar surface area (TPSA) is 81.8 Å². The normalized spacial score (nSPS) is 9.95. The number of methoxy groups -OCH3 is 1. The number of hydrogen-bond donors (Lipinski definition) is 1. The number of phenols is 1. The summed E-state index contributed by atoms with van der Waals surface area (Å²) in [5.74, 6) is 1.01. The van der Waals surface area contributed by atoms with Crippen molar-refractivity contribution in [2.24, 2.45) is 0 Å². The number of nitro groups is 1. The van der Waals surface area contributed by atoms with E-state index in [0.717, 1.165) is 0 Å². The molecule has 2 aromatic carbocycles. The second-order valence-electron chi connectivity index (χ2n) is 3.69. The number of rotatable bonds is 4. The maximum Gasteiger partial charge on any atom is 0.311 e. The molecule has 0 aliphatic rings. The van der Waals surface area contributed by atoms with Crippen molar-refractivity contribution < 1.29 is 19.5 Å². The first-order chi connectivity index (χ1) is 9.10. The molecule has 1 N–H and O–H groups in total. The first kappa shape index (κ1) is 12.7. The van der Waals surface area contributed by atoms with E-state index < -0.39 is 4.92 Å². The average molecular weight is 261 g/mol. The zero-order valence-corrected chi connectivity index (χ0v) is 10.1. The van der Waals surface area contributed by atoms with E-state index in [1.165, 1.54) is 49.6 Å². The molecule has 0 amide bonds. The molecule has 0 aromatic heterocycles. The van der Waals surface area contributed by atoms with Crippen molar-refractivity contribution >= 4 is 5.69 Å². The summed E-state index contributed by atoms with van der Waals surface area (Å²) < 4.78 is 10.4. The third-order valence-corrected chi connectivity index (χ3v) is 2.43. The third kappa shape index (κ3) is 2.92. The van der Waals surface area contributed by atoms with Crippen LogP contribution in [0.2, 0.25) is 0 Å². The molecule has 0 atom stereocenters. The monoisotopic (exact) mass is 261 g/mol. The number of nitro benzene ring substituents is 1. The summed E-state index contributed by atoms with van der Waals surface area (Å²) in [5.41, 5.74) is -0.158. The van der Waals surface area contributed by atoms with Gasteiger partial charge in [0.2, 0.25) is 5.75 Å². The molecular weight excluding hydrogens is 250 g/mol. The zero-order valence-electron chi connectivity index (χ0n) is 10.1. The van der Waals surface area contributed by atoms with Crippen LogP contribution in [0.4, 0.5) is 5.69 Å². The highest BCUT2D eigenvalue weighted by atomic mass is 16.6. The standard InChI is InChI=1S/C13H11NO5/c1-18-11-6-7-12(14(16)17)13(8-11)19-10-4-2-9(15)3-5-10/h2-8,15H,1H3. The van der Waals surface area contributed by atoms with E-state index in [0.29, 0.717) is 11.5 Å². The highest BCUT2D eigenvalue weighted by molar-refractivity contribution is 5.52. The van der Waals surface area contributed by atoms with Crippen LogP contribution in [-0.4, -0.2) is 17.1 Å². The van der Waals surface area contributed by atoms with Gasteiger partial charge in [0.05, 0.1) is 12.0 Å². The molecule has 0 fully saturated rings. The number of benzene rings is 2. The summed E-state index contributed by atoms with van der Waals surface area (Å²) >= 11 is 0. The van der Waals surface area contributed by atoms with Crippen LogP contribution in [0.1, 0.15) is 0 Å². The van der Waals surface area contributed by atoms with Crippen LogP contribution in [0.3, 0.4) is 0 Å². The molecule has 6 heteroatoms. The molecule has 0 radical (unpaired) electrons. The van der Waals surface area contributed by atoms with Gasteiger partial charge in [-0.1, -0.05) is 0 Å². The maximum atomic E-state index is 10.9. The number of phenolic OH excluding ortho intramolecular Hbond substituents is 1. The van der Waals surface area contributed by atoms with E-state index in [9.17, 15) is 10.1 Å². The van der Waals surface area contributed by atoms with Gasteiger partial charge in [-0.3, -0.25) is 10.1 Å². The van der Waals surface area contributed by atoms with Gasteiger partial charge in [0.1, 0.15) is 17.2 Å². The van der Waals surface area contributed by atoms with Crippen molar-refractivity contribution in [2.75, 3.05) is 7.11 Å². The average Bonchev–Trinajstić information content (AvgIpc) is 2.41. The Balaban J connectivity index is 2.36.